The van der Waals surface area contributed by atoms with Gasteiger partial charge < -0.3 is 13.7 Å². The van der Waals surface area contributed by atoms with E-state index in [1.165, 1.54) is 31.4 Å². The first-order valence-electron chi connectivity index (χ1n) is 9.76. The van der Waals surface area contributed by atoms with E-state index in [1.807, 2.05) is 24.3 Å². The molecule has 1 aromatic carbocycles. The molecule has 0 radical (unpaired) electrons. The summed E-state index contributed by atoms with van der Waals surface area (Å²) < 4.78 is 13.6. The zero-order valence-corrected chi connectivity index (χ0v) is 17.6. The lowest BCUT2D eigenvalue weighted by atomic mass is 10.2. The molecule has 7 heteroatoms. The number of ether oxygens (including phenoxy) is 1. The van der Waals surface area contributed by atoms with Crippen molar-refractivity contribution in [2.24, 2.45) is 0 Å². The van der Waals surface area contributed by atoms with Gasteiger partial charge in [0.1, 0.15) is 5.75 Å². The van der Waals surface area contributed by atoms with Gasteiger partial charge in [0, 0.05) is 17.3 Å². The minimum atomic E-state index is 0.0286. The number of rotatable bonds is 6. The summed E-state index contributed by atoms with van der Waals surface area (Å²) in [6, 6.07) is 8.19. The molecule has 1 unspecified atom stereocenters. The van der Waals surface area contributed by atoms with E-state index in [4.69, 9.17) is 14.1 Å². The van der Waals surface area contributed by atoms with E-state index in [0.29, 0.717) is 17.8 Å². The molecule has 0 N–H and O–H groups in total. The van der Waals surface area contributed by atoms with Crippen molar-refractivity contribution in [2.45, 2.75) is 62.9 Å². The molecule has 3 aromatic rings. The van der Waals surface area contributed by atoms with Gasteiger partial charge in [0.2, 0.25) is 11.8 Å². The first kappa shape index (κ1) is 19.1. The molecule has 1 aliphatic rings. The van der Waals surface area contributed by atoms with Gasteiger partial charge in [0.25, 0.3) is 0 Å². The molecule has 2 heterocycles. The number of aromatic nitrogens is 4. The average molecular weight is 399 g/mol. The normalized spacial score (nSPS) is 15.9. The lowest BCUT2D eigenvalue weighted by molar-refractivity contribution is 0.415. The number of hydrogen-bond donors (Lipinski definition) is 0. The molecule has 1 fully saturated rings. The van der Waals surface area contributed by atoms with Crippen LogP contribution in [0.4, 0.5) is 0 Å². The second-order valence-corrected chi connectivity index (χ2v) is 8.62. The Morgan fingerprint density at radius 2 is 1.86 bits per heavy atom. The minimum Gasteiger partial charge on any atom is -0.497 e. The van der Waals surface area contributed by atoms with E-state index in [0.717, 1.165) is 22.2 Å². The van der Waals surface area contributed by atoms with Crippen molar-refractivity contribution in [2.75, 3.05) is 7.11 Å². The Morgan fingerprint density at radius 1 is 1.14 bits per heavy atom. The molecule has 1 atom stereocenters. The number of benzene rings is 1. The SMILES string of the molecule is COc1ccc(-c2nnc(C(C)Sc3nc(C)c(C)n3C3CCCC3)o2)cc1. The van der Waals surface area contributed by atoms with Crippen LogP contribution in [0.25, 0.3) is 11.5 Å². The van der Waals surface area contributed by atoms with E-state index in [9.17, 15) is 0 Å². The van der Waals surface area contributed by atoms with Crippen molar-refractivity contribution >= 4 is 11.8 Å². The highest BCUT2D eigenvalue weighted by molar-refractivity contribution is 7.99. The molecule has 1 saturated carbocycles. The molecule has 0 saturated heterocycles. The molecule has 6 nitrogen and oxygen atoms in total. The standard InChI is InChI=1S/C21H26N4O2S/c1-13-14(2)25(17-7-5-6-8-17)21(22-13)28-15(3)19-23-24-20(27-19)16-9-11-18(26-4)12-10-16/h9-12,15,17H,5-8H2,1-4H3. The number of nitrogens with zero attached hydrogens (tertiary/aromatic N) is 4. The molecule has 0 bridgehead atoms. The maximum absolute atomic E-state index is 5.96. The Morgan fingerprint density at radius 3 is 2.54 bits per heavy atom. The van der Waals surface area contributed by atoms with Crippen LogP contribution < -0.4 is 4.74 Å². The van der Waals surface area contributed by atoms with Gasteiger partial charge in [-0.3, -0.25) is 0 Å². The van der Waals surface area contributed by atoms with Crippen molar-refractivity contribution < 1.29 is 9.15 Å². The molecular formula is C21H26N4O2S. The molecule has 1 aliphatic carbocycles. The summed E-state index contributed by atoms with van der Waals surface area (Å²) in [6.45, 7) is 6.35. The highest BCUT2D eigenvalue weighted by atomic mass is 32.2. The molecule has 148 valence electrons. The van der Waals surface area contributed by atoms with E-state index >= 15 is 0 Å². The summed E-state index contributed by atoms with van der Waals surface area (Å²) in [7, 11) is 1.65. The fourth-order valence-corrected chi connectivity index (χ4v) is 4.83. The van der Waals surface area contributed by atoms with Gasteiger partial charge in [0.15, 0.2) is 5.16 Å². The van der Waals surface area contributed by atoms with Crippen molar-refractivity contribution in [3.8, 4) is 17.2 Å². The number of methoxy groups -OCH3 is 1. The van der Waals surface area contributed by atoms with Crippen molar-refractivity contribution in [3.05, 3.63) is 41.5 Å². The topological polar surface area (TPSA) is 66.0 Å². The van der Waals surface area contributed by atoms with Crippen molar-refractivity contribution in [1.82, 2.24) is 19.7 Å². The monoisotopic (exact) mass is 398 g/mol. The second-order valence-electron chi connectivity index (χ2n) is 7.31. The van der Waals surface area contributed by atoms with Gasteiger partial charge in [0.05, 0.1) is 18.1 Å². The van der Waals surface area contributed by atoms with Crippen LogP contribution >= 0.6 is 11.8 Å². The predicted molar refractivity (Wildman–Crippen MR) is 110 cm³/mol. The number of hydrogen-bond acceptors (Lipinski definition) is 6. The van der Waals surface area contributed by atoms with Crippen LogP contribution in [0.3, 0.4) is 0 Å². The maximum Gasteiger partial charge on any atom is 0.247 e. The summed E-state index contributed by atoms with van der Waals surface area (Å²) >= 11 is 1.70. The van der Waals surface area contributed by atoms with Gasteiger partial charge in [-0.25, -0.2) is 4.98 Å². The summed E-state index contributed by atoms with van der Waals surface area (Å²) in [5.41, 5.74) is 3.26. The highest BCUT2D eigenvalue weighted by Crippen LogP contribution is 2.40. The van der Waals surface area contributed by atoms with Crippen LogP contribution in [0.5, 0.6) is 5.75 Å². The average Bonchev–Trinajstić information content (AvgIpc) is 3.44. The lowest BCUT2D eigenvalue weighted by Crippen LogP contribution is -2.08. The summed E-state index contributed by atoms with van der Waals surface area (Å²) in [4.78, 5) is 4.83. The molecule has 0 amide bonds. The van der Waals surface area contributed by atoms with Crippen LogP contribution in [-0.2, 0) is 0 Å². The Kier molecular flexibility index (Phi) is 5.44. The van der Waals surface area contributed by atoms with E-state index in [-0.39, 0.29) is 5.25 Å². The molecular weight excluding hydrogens is 372 g/mol. The van der Waals surface area contributed by atoms with Gasteiger partial charge in [-0.1, -0.05) is 24.6 Å². The van der Waals surface area contributed by atoms with E-state index < -0.39 is 0 Å². The maximum atomic E-state index is 5.96. The van der Waals surface area contributed by atoms with E-state index in [2.05, 4.69) is 35.5 Å². The summed E-state index contributed by atoms with van der Waals surface area (Å²) in [6.07, 6.45) is 5.08. The second kappa shape index (κ2) is 7.99. The third-order valence-corrected chi connectivity index (χ3v) is 6.51. The van der Waals surface area contributed by atoms with E-state index in [1.54, 1.807) is 18.9 Å². The van der Waals surface area contributed by atoms with Gasteiger partial charge >= 0.3 is 0 Å². The number of thioether (sulfide) groups is 1. The van der Waals surface area contributed by atoms with Crippen LogP contribution in [0.1, 0.15) is 61.2 Å². The van der Waals surface area contributed by atoms with Gasteiger partial charge in [-0.2, -0.15) is 0 Å². The largest absolute Gasteiger partial charge is 0.497 e. The molecule has 4 rings (SSSR count). The summed E-state index contributed by atoms with van der Waals surface area (Å²) in [5, 5.41) is 9.59. The number of aryl methyl sites for hydroxylation is 1. The van der Waals surface area contributed by atoms with Gasteiger partial charge in [-0.05, 0) is 57.9 Å². The Balaban J connectivity index is 1.54. The fourth-order valence-electron chi connectivity index (χ4n) is 3.73. The van der Waals surface area contributed by atoms with Crippen LogP contribution in [-0.4, -0.2) is 26.9 Å². The zero-order chi connectivity index (χ0) is 19.7. The van der Waals surface area contributed by atoms with Crippen molar-refractivity contribution in [3.63, 3.8) is 0 Å². The smallest absolute Gasteiger partial charge is 0.247 e. The fraction of sp³-hybridized carbons (Fsp3) is 0.476. The predicted octanol–water partition coefficient (Wildman–Crippen LogP) is 5.53. The molecule has 0 spiro atoms. The molecule has 28 heavy (non-hydrogen) atoms. The quantitative estimate of drug-likeness (QED) is 0.509. The van der Waals surface area contributed by atoms with Crippen LogP contribution in [0.15, 0.2) is 33.8 Å². The van der Waals surface area contributed by atoms with Crippen molar-refractivity contribution in [1.29, 1.82) is 0 Å². The first-order valence-corrected chi connectivity index (χ1v) is 10.6. The number of imidazole rings is 1. The Bertz CT molecular complexity index is 942. The minimum absolute atomic E-state index is 0.0286. The van der Waals surface area contributed by atoms with Crippen LogP contribution in [0.2, 0.25) is 0 Å². The third kappa shape index (κ3) is 3.68. The Labute approximate surface area is 169 Å². The first-order chi connectivity index (χ1) is 13.6. The molecule has 2 aromatic heterocycles. The molecule has 0 aliphatic heterocycles. The lowest BCUT2D eigenvalue weighted by Gasteiger charge is -2.17. The summed E-state index contributed by atoms with van der Waals surface area (Å²) in [5.74, 6) is 1.94. The van der Waals surface area contributed by atoms with Crippen LogP contribution in [0, 0.1) is 13.8 Å². The third-order valence-electron chi connectivity index (χ3n) is 5.45. The Hall–Kier alpha value is -2.28. The zero-order valence-electron chi connectivity index (χ0n) is 16.8. The highest BCUT2D eigenvalue weighted by Gasteiger charge is 2.26. The van der Waals surface area contributed by atoms with Gasteiger partial charge in [-0.15, -0.1) is 10.2 Å².